The number of sulfonamides is 1. The molecule has 20 heavy (non-hydrogen) atoms. The van der Waals surface area contributed by atoms with E-state index in [2.05, 4.69) is 6.92 Å². The summed E-state index contributed by atoms with van der Waals surface area (Å²) in [4.78, 5) is 0. The smallest absolute Gasteiger partial charge is 0.211 e. The molecule has 0 aliphatic rings. The molecule has 0 saturated heterocycles. The van der Waals surface area contributed by atoms with Gasteiger partial charge in [-0.3, -0.25) is 0 Å². The van der Waals surface area contributed by atoms with E-state index in [4.69, 9.17) is 19.3 Å². The first kappa shape index (κ1) is 16.7. The maximum absolute atomic E-state index is 10.7. The van der Waals surface area contributed by atoms with Crippen molar-refractivity contribution in [3.05, 3.63) is 23.8 Å². The van der Waals surface area contributed by atoms with Gasteiger partial charge in [-0.2, -0.15) is 0 Å². The van der Waals surface area contributed by atoms with Crippen LogP contribution in [0.2, 0.25) is 0 Å². The molecule has 0 aliphatic heterocycles. The minimum atomic E-state index is -3.47. The average Bonchev–Trinajstić information content (AvgIpc) is 2.41. The summed E-state index contributed by atoms with van der Waals surface area (Å²) in [5.41, 5.74) is 1.17. The summed E-state index contributed by atoms with van der Waals surface area (Å²) >= 11 is 0. The number of primary sulfonamides is 1. The van der Waals surface area contributed by atoms with Crippen LogP contribution >= 0.6 is 0 Å². The zero-order valence-electron chi connectivity index (χ0n) is 11.8. The molecule has 6 nitrogen and oxygen atoms in total. The van der Waals surface area contributed by atoms with E-state index in [1.165, 1.54) is 5.56 Å². The van der Waals surface area contributed by atoms with Gasteiger partial charge < -0.3 is 14.2 Å². The summed E-state index contributed by atoms with van der Waals surface area (Å²) in [6.45, 7) is 2.73. The van der Waals surface area contributed by atoms with Crippen LogP contribution in [0.5, 0.6) is 11.5 Å². The second kappa shape index (κ2) is 8.08. The average molecular weight is 303 g/mol. The minimum Gasteiger partial charge on any atom is -0.493 e. The molecule has 0 atom stereocenters. The summed E-state index contributed by atoms with van der Waals surface area (Å²) in [5.74, 6) is 1.12. The fraction of sp³-hybridized carbons (Fsp3) is 0.538. The van der Waals surface area contributed by atoms with Gasteiger partial charge in [-0.25, -0.2) is 13.6 Å². The van der Waals surface area contributed by atoms with E-state index in [1.54, 1.807) is 7.11 Å². The van der Waals surface area contributed by atoms with Gasteiger partial charge in [0.2, 0.25) is 10.0 Å². The Morgan fingerprint density at radius 1 is 1.15 bits per heavy atom. The molecule has 0 fully saturated rings. The van der Waals surface area contributed by atoms with Crippen LogP contribution in [0.15, 0.2) is 18.2 Å². The molecule has 0 radical (unpaired) electrons. The van der Waals surface area contributed by atoms with Crippen molar-refractivity contribution in [1.82, 2.24) is 0 Å². The van der Waals surface area contributed by atoms with Gasteiger partial charge in [0.15, 0.2) is 11.5 Å². The predicted octanol–water partition coefficient (Wildman–Crippen LogP) is 0.941. The van der Waals surface area contributed by atoms with Crippen LogP contribution in [0.3, 0.4) is 0 Å². The van der Waals surface area contributed by atoms with Crippen molar-refractivity contribution in [2.45, 2.75) is 13.3 Å². The normalized spacial score (nSPS) is 11.3. The summed E-state index contributed by atoms with van der Waals surface area (Å²) in [7, 11) is -1.88. The second-order valence-corrected chi connectivity index (χ2v) is 5.90. The zero-order valence-corrected chi connectivity index (χ0v) is 12.6. The van der Waals surface area contributed by atoms with Crippen molar-refractivity contribution in [2.75, 3.05) is 32.7 Å². The highest BCUT2D eigenvalue weighted by Crippen LogP contribution is 2.28. The number of nitrogens with two attached hydrogens (primary N) is 1. The van der Waals surface area contributed by atoms with Gasteiger partial charge in [0, 0.05) is 0 Å². The molecule has 0 unspecified atom stereocenters. The predicted molar refractivity (Wildman–Crippen MR) is 76.7 cm³/mol. The Labute approximate surface area is 119 Å². The molecule has 1 aromatic rings. The van der Waals surface area contributed by atoms with E-state index in [0.717, 1.165) is 6.42 Å². The first-order valence-corrected chi connectivity index (χ1v) is 8.05. The molecular formula is C13H21NO5S. The molecule has 0 saturated carbocycles. The molecule has 0 amide bonds. The molecular weight excluding hydrogens is 282 g/mol. The highest BCUT2D eigenvalue weighted by Gasteiger charge is 2.05. The fourth-order valence-electron chi connectivity index (χ4n) is 1.54. The Morgan fingerprint density at radius 2 is 1.90 bits per heavy atom. The molecule has 7 heteroatoms. The van der Waals surface area contributed by atoms with Gasteiger partial charge in [-0.05, 0) is 24.1 Å². The van der Waals surface area contributed by atoms with Gasteiger partial charge in [-0.15, -0.1) is 0 Å². The summed E-state index contributed by atoms with van der Waals surface area (Å²) in [5, 5.41) is 4.85. The van der Waals surface area contributed by atoms with Crippen molar-refractivity contribution in [3.63, 3.8) is 0 Å². The zero-order chi connectivity index (χ0) is 15.0. The molecule has 0 aromatic heterocycles. The van der Waals surface area contributed by atoms with E-state index in [-0.39, 0.29) is 19.0 Å². The molecule has 0 spiro atoms. The van der Waals surface area contributed by atoms with Crippen molar-refractivity contribution >= 4 is 10.0 Å². The number of benzene rings is 1. The number of hydrogen-bond donors (Lipinski definition) is 1. The van der Waals surface area contributed by atoms with Crippen LogP contribution < -0.4 is 14.6 Å². The Bertz CT molecular complexity index is 515. The first-order valence-electron chi connectivity index (χ1n) is 6.34. The maximum Gasteiger partial charge on any atom is 0.211 e. The van der Waals surface area contributed by atoms with Crippen LogP contribution in [-0.4, -0.2) is 41.1 Å². The van der Waals surface area contributed by atoms with Crippen LogP contribution in [0, 0.1) is 0 Å². The van der Waals surface area contributed by atoms with Gasteiger partial charge in [0.05, 0.1) is 26.1 Å². The highest BCUT2D eigenvalue weighted by atomic mass is 32.2. The maximum atomic E-state index is 10.7. The van der Waals surface area contributed by atoms with Crippen LogP contribution in [0.4, 0.5) is 0 Å². The molecule has 0 heterocycles. The molecule has 0 bridgehead atoms. The largest absolute Gasteiger partial charge is 0.493 e. The number of hydrogen-bond acceptors (Lipinski definition) is 5. The summed E-state index contributed by atoms with van der Waals surface area (Å²) in [6.07, 6.45) is 0.924. The van der Waals surface area contributed by atoms with E-state index in [0.29, 0.717) is 18.1 Å². The van der Waals surface area contributed by atoms with E-state index >= 15 is 0 Å². The van der Waals surface area contributed by atoms with E-state index in [9.17, 15) is 8.42 Å². The van der Waals surface area contributed by atoms with E-state index in [1.807, 2.05) is 18.2 Å². The molecule has 1 aromatic carbocycles. The van der Waals surface area contributed by atoms with Crippen LogP contribution in [-0.2, 0) is 21.2 Å². The fourth-order valence-corrected chi connectivity index (χ4v) is 1.89. The Hall–Kier alpha value is -1.31. The Morgan fingerprint density at radius 3 is 2.50 bits per heavy atom. The van der Waals surface area contributed by atoms with Gasteiger partial charge in [0.25, 0.3) is 0 Å². The number of rotatable bonds is 9. The van der Waals surface area contributed by atoms with Crippen molar-refractivity contribution < 1.29 is 22.6 Å². The lowest BCUT2D eigenvalue weighted by atomic mass is 10.1. The summed E-state index contributed by atoms with van der Waals surface area (Å²) in [6, 6.07) is 5.75. The van der Waals surface area contributed by atoms with Crippen LogP contribution in [0.25, 0.3) is 0 Å². The standard InChI is InChI=1S/C13H21NO5S/c1-3-11-4-5-12(13(10-11)17-2)19-7-6-18-8-9-20(14,15)16/h4-5,10H,3,6-9H2,1-2H3,(H2,14,15,16). The van der Waals surface area contributed by atoms with Gasteiger partial charge >= 0.3 is 0 Å². The van der Waals surface area contributed by atoms with Gasteiger partial charge in [-0.1, -0.05) is 13.0 Å². The topological polar surface area (TPSA) is 87.9 Å². The number of aryl methyl sites for hydroxylation is 1. The third kappa shape index (κ3) is 6.23. The number of ether oxygens (including phenoxy) is 3. The Kier molecular flexibility index (Phi) is 6.77. The number of methoxy groups -OCH3 is 1. The van der Waals surface area contributed by atoms with Crippen molar-refractivity contribution in [3.8, 4) is 11.5 Å². The second-order valence-electron chi connectivity index (χ2n) is 4.17. The lowest BCUT2D eigenvalue weighted by molar-refractivity contribution is 0.110. The third-order valence-corrected chi connectivity index (χ3v) is 3.37. The minimum absolute atomic E-state index is 0.0636. The van der Waals surface area contributed by atoms with Crippen LogP contribution in [0.1, 0.15) is 12.5 Å². The summed E-state index contributed by atoms with van der Waals surface area (Å²) < 4.78 is 37.3. The van der Waals surface area contributed by atoms with Gasteiger partial charge in [0.1, 0.15) is 6.61 Å². The first-order chi connectivity index (χ1) is 9.46. The van der Waals surface area contributed by atoms with Crippen molar-refractivity contribution in [2.24, 2.45) is 5.14 Å². The van der Waals surface area contributed by atoms with Crippen molar-refractivity contribution in [1.29, 1.82) is 0 Å². The monoisotopic (exact) mass is 303 g/mol. The molecule has 1 rings (SSSR count). The highest BCUT2D eigenvalue weighted by molar-refractivity contribution is 7.89. The quantitative estimate of drug-likeness (QED) is 0.686. The SMILES string of the molecule is CCc1ccc(OCCOCCS(N)(=O)=O)c(OC)c1. The van der Waals surface area contributed by atoms with E-state index < -0.39 is 10.0 Å². The lowest BCUT2D eigenvalue weighted by Gasteiger charge is -2.12. The third-order valence-electron chi connectivity index (χ3n) is 2.63. The lowest BCUT2D eigenvalue weighted by Crippen LogP contribution is -2.21. The molecule has 114 valence electrons. The Balaban J connectivity index is 2.35. The molecule has 0 aliphatic carbocycles. The molecule has 2 N–H and O–H groups in total.